The lowest BCUT2D eigenvalue weighted by Gasteiger charge is -2.24. The average molecular weight is 489 g/mol. The van der Waals surface area contributed by atoms with Crippen LogP contribution in [-0.2, 0) is 23.6 Å². The van der Waals surface area contributed by atoms with E-state index in [2.05, 4.69) is 4.99 Å². The van der Waals surface area contributed by atoms with Gasteiger partial charge in [0.25, 0.3) is 5.56 Å². The Hall–Kier alpha value is -3.98. The van der Waals surface area contributed by atoms with Crippen LogP contribution in [0.4, 0.5) is 0 Å². The second-order valence-corrected chi connectivity index (χ2v) is 9.37. The fraction of sp³-hybridized carbons (Fsp3) is 0.231. The van der Waals surface area contributed by atoms with Crippen molar-refractivity contribution in [3.63, 3.8) is 0 Å². The van der Waals surface area contributed by atoms with Gasteiger partial charge in [0.05, 0.1) is 39.5 Å². The van der Waals surface area contributed by atoms with E-state index in [1.807, 2.05) is 48.5 Å². The Morgan fingerprint density at radius 3 is 2.51 bits per heavy atom. The lowest BCUT2D eigenvalue weighted by Crippen LogP contribution is -2.39. The van der Waals surface area contributed by atoms with E-state index < -0.39 is 12.0 Å². The van der Waals surface area contributed by atoms with Gasteiger partial charge in [0, 0.05) is 14.1 Å². The third-order valence-corrected chi connectivity index (χ3v) is 7.21. The fourth-order valence-electron chi connectivity index (χ4n) is 4.51. The number of hydrogen-bond donors (Lipinski definition) is 0. The van der Waals surface area contributed by atoms with E-state index in [0.29, 0.717) is 20.6 Å². The second-order valence-electron chi connectivity index (χ2n) is 8.36. The smallest absolute Gasteiger partial charge is 0.338 e. The van der Waals surface area contributed by atoms with E-state index in [4.69, 9.17) is 4.74 Å². The Balaban J connectivity index is 1.72. The first kappa shape index (κ1) is 22.8. The van der Waals surface area contributed by atoms with Crippen LogP contribution in [0.2, 0.25) is 0 Å². The van der Waals surface area contributed by atoms with Gasteiger partial charge < -0.3 is 4.74 Å². The highest BCUT2D eigenvalue weighted by Gasteiger charge is 2.33. The summed E-state index contributed by atoms with van der Waals surface area (Å²) >= 11 is 1.27. The first-order valence-corrected chi connectivity index (χ1v) is 12.0. The van der Waals surface area contributed by atoms with Crippen LogP contribution in [-0.4, -0.2) is 26.3 Å². The maximum Gasteiger partial charge on any atom is 0.338 e. The van der Waals surface area contributed by atoms with Crippen LogP contribution >= 0.6 is 11.3 Å². The molecular weight excluding hydrogens is 464 g/mol. The van der Waals surface area contributed by atoms with Gasteiger partial charge in [-0.1, -0.05) is 47.7 Å². The van der Waals surface area contributed by atoms with Crippen LogP contribution in [0.25, 0.3) is 17.1 Å². The summed E-state index contributed by atoms with van der Waals surface area (Å²) in [4.78, 5) is 44.0. The largest absolute Gasteiger partial charge is 0.463 e. The molecule has 1 aliphatic heterocycles. The molecule has 1 aliphatic rings. The number of ether oxygens (including phenoxy) is 1. The van der Waals surface area contributed by atoms with Gasteiger partial charge in [0.2, 0.25) is 0 Å². The Morgan fingerprint density at radius 1 is 1.09 bits per heavy atom. The lowest BCUT2D eigenvalue weighted by molar-refractivity contribution is -0.139. The van der Waals surface area contributed by atoms with Gasteiger partial charge in [0.15, 0.2) is 4.80 Å². The lowest BCUT2D eigenvalue weighted by atomic mass is 9.96. The number of allylic oxidation sites excluding steroid dienone is 1. The highest BCUT2D eigenvalue weighted by molar-refractivity contribution is 7.07. The zero-order chi connectivity index (χ0) is 24.9. The predicted octanol–water partition coefficient (Wildman–Crippen LogP) is 1.99. The standard InChI is InChI=1S/C26H24N4O4S/c1-5-34-24(32)21-15(2)27-25-30(22(21)17-9-7-6-8-10-17)23(31)20(35-25)14-16-11-12-18-19(13-16)29(4)26(33)28(18)3/h6-14,22H,5H2,1-4H3/t22-/m0/s1. The van der Waals surface area contributed by atoms with Gasteiger partial charge in [-0.25, -0.2) is 14.6 Å². The summed E-state index contributed by atoms with van der Waals surface area (Å²) in [6, 6.07) is 14.4. The number of fused-ring (bicyclic) bond motifs is 2. The molecule has 0 aliphatic carbocycles. The molecule has 0 saturated heterocycles. The first-order chi connectivity index (χ1) is 16.8. The molecule has 4 aromatic rings. The normalized spacial score (nSPS) is 15.9. The highest BCUT2D eigenvalue weighted by atomic mass is 32.1. The van der Waals surface area contributed by atoms with Crippen LogP contribution in [0.3, 0.4) is 0 Å². The summed E-state index contributed by atoms with van der Waals surface area (Å²) in [6.07, 6.45) is 1.80. The van der Waals surface area contributed by atoms with Crippen molar-refractivity contribution in [2.45, 2.75) is 19.9 Å². The monoisotopic (exact) mass is 488 g/mol. The van der Waals surface area contributed by atoms with Crippen LogP contribution in [0.5, 0.6) is 0 Å². The van der Waals surface area contributed by atoms with Crippen LogP contribution in [0, 0.1) is 0 Å². The third-order valence-electron chi connectivity index (χ3n) is 6.23. The quantitative estimate of drug-likeness (QED) is 0.411. The average Bonchev–Trinajstić information content (AvgIpc) is 3.26. The molecular formula is C26H24N4O4S. The molecule has 0 unspecified atom stereocenters. The van der Waals surface area contributed by atoms with Crippen LogP contribution in [0.1, 0.15) is 31.0 Å². The molecule has 2 aromatic heterocycles. The molecule has 8 nitrogen and oxygen atoms in total. The van der Waals surface area contributed by atoms with Gasteiger partial charge in [-0.3, -0.25) is 18.5 Å². The molecule has 0 amide bonds. The zero-order valence-electron chi connectivity index (χ0n) is 19.8. The summed E-state index contributed by atoms with van der Waals surface area (Å²) in [5, 5.41) is 0. The molecule has 3 heterocycles. The highest BCUT2D eigenvalue weighted by Crippen LogP contribution is 2.30. The molecule has 0 bridgehead atoms. The number of hydrogen-bond acceptors (Lipinski definition) is 6. The Kier molecular flexibility index (Phi) is 5.64. The molecule has 0 spiro atoms. The number of nitrogens with zero attached hydrogens (tertiary/aromatic N) is 4. The van der Waals surface area contributed by atoms with Crippen LogP contribution < -0.4 is 20.6 Å². The number of aryl methyl sites for hydroxylation is 2. The van der Waals surface area contributed by atoms with E-state index in [1.54, 1.807) is 47.7 Å². The molecule has 9 heteroatoms. The summed E-state index contributed by atoms with van der Waals surface area (Å²) < 4.78 is 10.6. The maximum atomic E-state index is 13.7. The Morgan fingerprint density at radius 2 is 1.80 bits per heavy atom. The summed E-state index contributed by atoms with van der Waals surface area (Å²) in [5.74, 6) is -0.479. The molecule has 0 saturated carbocycles. The first-order valence-electron chi connectivity index (χ1n) is 11.2. The molecule has 0 N–H and O–H groups in total. The van der Waals surface area contributed by atoms with Gasteiger partial charge in [-0.15, -0.1) is 0 Å². The third kappa shape index (κ3) is 3.68. The number of esters is 1. The minimum atomic E-state index is -0.633. The number of thiazole rings is 1. The number of aromatic nitrogens is 3. The number of imidazole rings is 1. The van der Waals surface area contributed by atoms with Crippen molar-refractivity contribution in [3.8, 4) is 0 Å². The van der Waals surface area contributed by atoms with Crippen molar-refractivity contribution < 1.29 is 9.53 Å². The van der Waals surface area contributed by atoms with Crippen molar-refractivity contribution in [3.05, 3.63) is 101 Å². The van der Waals surface area contributed by atoms with E-state index in [9.17, 15) is 14.4 Å². The molecule has 0 radical (unpaired) electrons. The molecule has 0 fully saturated rings. The minimum absolute atomic E-state index is 0.110. The van der Waals surface area contributed by atoms with Gasteiger partial charge in [-0.2, -0.15) is 0 Å². The number of rotatable bonds is 4. The molecule has 35 heavy (non-hydrogen) atoms. The number of carbonyl (C=O) groups excluding carboxylic acids is 1. The van der Waals surface area contributed by atoms with Crippen molar-refractivity contribution in [1.29, 1.82) is 0 Å². The van der Waals surface area contributed by atoms with Gasteiger partial charge in [0.1, 0.15) is 0 Å². The molecule has 178 valence electrons. The van der Waals surface area contributed by atoms with E-state index in [-0.39, 0.29) is 17.9 Å². The molecule has 5 rings (SSSR count). The summed E-state index contributed by atoms with van der Waals surface area (Å²) in [6.45, 7) is 3.75. The molecule has 1 atom stereocenters. The maximum absolute atomic E-state index is 13.7. The van der Waals surface area contributed by atoms with E-state index in [1.165, 1.54) is 11.3 Å². The SMILES string of the molecule is CCOC(=O)C1=C(C)N=c2sc(=Cc3ccc4c(c3)n(C)c(=O)n4C)c(=O)n2[C@H]1c1ccccc1. The Labute approximate surface area is 204 Å². The number of benzene rings is 2. The summed E-state index contributed by atoms with van der Waals surface area (Å²) in [7, 11) is 3.46. The van der Waals surface area contributed by atoms with Crippen molar-refractivity contribution in [2.24, 2.45) is 19.1 Å². The van der Waals surface area contributed by atoms with Crippen molar-refractivity contribution in [1.82, 2.24) is 13.7 Å². The zero-order valence-corrected chi connectivity index (χ0v) is 20.6. The van der Waals surface area contributed by atoms with Crippen molar-refractivity contribution in [2.75, 3.05) is 6.61 Å². The summed E-state index contributed by atoms with van der Waals surface area (Å²) in [5.41, 5.74) is 3.74. The van der Waals surface area contributed by atoms with Gasteiger partial charge in [-0.05, 0) is 43.2 Å². The minimum Gasteiger partial charge on any atom is -0.463 e. The molecule has 2 aromatic carbocycles. The Bertz CT molecular complexity index is 1750. The fourth-order valence-corrected chi connectivity index (χ4v) is 5.55. The topological polar surface area (TPSA) is 87.6 Å². The second kappa shape index (κ2) is 8.66. The van der Waals surface area contributed by atoms with Gasteiger partial charge >= 0.3 is 11.7 Å². The number of carbonyl (C=O) groups is 1. The van der Waals surface area contributed by atoms with E-state index in [0.717, 1.165) is 22.2 Å². The van der Waals surface area contributed by atoms with E-state index >= 15 is 0 Å². The van der Waals surface area contributed by atoms with Crippen LogP contribution in [0.15, 0.2) is 74.4 Å². The van der Waals surface area contributed by atoms with Crippen molar-refractivity contribution >= 4 is 34.4 Å². The predicted molar refractivity (Wildman–Crippen MR) is 135 cm³/mol.